The van der Waals surface area contributed by atoms with Gasteiger partial charge in [0.1, 0.15) is 11.5 Å². The highest BCUT2D eigenvalue weighted by atomic mass is 17.2. The van der Waals surface area contributed by atoms with E-state index in [0.29, 0.717) is 17.2 Å². The number of hydrogen-bond donors (Lipinski definition) is 1. The molecular formula is C28H21NO6. The molecule has 0 aliphatic carbocycles. The Morgan fingerprint density at radius 1 is 0.686 bits per heavy atom. The molecule has 7 heteroatoms. The Bertz CT molecular complexity index is 1200. The molecule has 0 radical (unpaired) electrons. The van der Waals surface area contributed by atoms with Gasteiger partial charge >= 0.3 is 11.9 Å². The van der Waals surface area contributed by atoms with Gasteiger partial charge in [0.2, 0.25) is 0 Å². The predicted molar refractivity (Wildman–Crippen MR) is 132 cm³/mol. The van der Waals surface area contributed by atoms with E-state index in [1.165, 1.54) is 0 Å². The van der Waals surface area contributed by atoms with Crippen LogP contribution in [0.15, 0.2) is 97.8 Å². The summed E-state index contributed by atoms with van der Waals surface area (Å²) < 4.78 is 10.9. The summed E-state index contributed by atoms with van der Waals surface area (Å²) in [6.07, 6.45) is 15.7. The first-order valence-corrected chi connectivity index (χ1v) is 10.1. The van der Waals surface area contributed by atoms with E-state index in [2.05, 4.69) is 32.7 Å². The maximum Gasteiger partial charge on any atom is 0.329 e. The molecule has 3 aromatic carbocycles. The smallest absolute Gasteiger partial charge is 0.329 e. The van der Waals surface area contributed by atoms with Crippen LogP contribution in [0.3, 0.4) is 0 Å². The third-order valence-electron chi connectivity index (χ3n) is 4.41. The van der Waals surface area contributed by atoms with Crippen molar-refractivity contribution in [2.24, 2.45) is 0 Å². The van der Waals surface area contributed by atoms with E-state index in [9.17, 15) is 0 Å². The van der Waals surface area contributed by atoms with Gasteiger partial charge in [0.05, 0.1) is 0 Å². The molecule has 0 aromatic heterocycles. The molecule has 3 rings (SSSR count). The fraction of sp³-hybridized carbons (Fsp3) is 0. The molecule has 0 saturated carbocycles. The summed E-state index contributed by atoms with van der Waals surface area (Å²) in [4.78, 5) is 18.1. The predicted octanol–water partition coefficient (Wildman–Crippen LogP) is 5.64. The minimum atomic E-state index is -0.0952. The van der Waals surface area contributed by atoms with E-state index < -0.39 is 0 Å². The summed E-state index contributed by atoms with van der Waals surface area (Å²) in [6, 6.07) is 22.2. The first kappa shape index (κ1) is 24.2. The Morgan fingerprint density at radius 3 is 1.51 bits per heavy atom. The molecule has 0 fully saturated rings. The van der Waals surface area contributed by atoms with E-state index in [1.807, 2.05) is 66.8 Å². The largest absolute Gasteiger partial charge is 0.424 e. The van der Waals surface area contributed by atoms with Crippen molar-refractivity contribution in [2.75, 3.05) is 5.73 Å². The van der Waals surface area contributed by atoms with Gasteiger partial charge in [0, 0.05) is 5.69 Å². The first-order valence-electron chi connectivity index (χ1n) is 10.1. The van der Waals surface area contributed by atoms with Crippen molar-refractivity contribution in [3.05, 3.63) is 115 Å². The monoisotopic (exact) mass is 467 g/mol. The molecule has 0 aliphatic heterocycles. The van der Waals surface area contributed by atoms with Crippen molar-refractivity contribution in [1.29, 1.82) is 0 Å². The number of hydrogen-bond acceptors (Lipinski definition) is 7. The minimum Gasteiger partial charge on any atom is -0.424 e. The molecule has 0 aliphatic rings. The van der Waals surface area contributed by atoms with Crippen LogP contribution in [0.4, 0.5) is 5.69 Å². The Balaban J connectivity index is 1.87. The number of nitrogens with two attached hydrogens (primary N) is 1. The zero-order chi connectivity index (χ0) is 25.0. The van der Waals surface area contributed by atoms with E-state index in [1.54, 1.807) is 24.3 Å². The molecule has 0 unspecified atom stereocenters. The third-order valence-corrected chi connectivity index (χ3v) is 4.41. The normalized spacial score (nSPS) is 9.43. The zero-order valence-electron chi connectivity index (χ0n) is 18.6. The molecule has 0 heterocycles. The number of benzene rings is 3. The van der Waals surface area contributed by atoms with Gasteiger partial charge in [-0.05, 0) is 77.9 Å². The van der Waals surface area contributed by atoms with Gasteiger partial charge in [-0.25, -0.2) is 19.6 Å². The molecular weight excluding hydrogens is 446 g/mol. The average Bonchev–Trinajstić information content (AvgIpc) is 2.87. The van der Waals surface area contributed by atoms with Gasteiger partial charge in [-0.2, -0.15) is 0 Å². The molecule has 7 nitrogen and oxygen atoms in total. The highest BCUT2D eigenvalue weighted by molar-refractivity contribution is 5.91. The maximum atomic E-state index is 5.83. The molecule has 0 bridgehead atoms. The second-order valence-corrected chi connectivity index (χ2v) is 6.79. The van der Waals surface area contributed by atoms with Gasteiger partial charge in [0.15, 0.2) is 12.2 Å². The van der Waals surface area contributed by atoms with Crippen LogP contribution in [0.2, 0.25) is 0 Å². The fourth-order valence-corrected chi connectivity index (χ4v) is 2.94. The van der Waals surface area contributed by atoms with Crippen LogP contribution >= 0.6 is 0 Å². The number of terminal acetylenes is 2. The molecule has 2 N–H and O–H groups in total. The lowest BCUT2D eigenvalue weighted by Gasteiger charge is -2.12. The lowest BCUT2D eigenvalue weighted by atomic mass is 9.95. The summed E-state index contributed by atoms with van der Waals surface area (Å²) in [5.74, 6) is 0.787. The number of rotatable bonds is 11. The van der Waals surface area contributed by atoms with Crippen molar-refractivity contribution < 1.29 is 29.0 Å². The molecule has 0 amide bonds. The highest BCUT2D eigenvalue weighted by Gasteiger charge is 2.09. The summed E-state index contributed by atoms with van der Waals surface area (Å²) in [6.45, 7) is 7.14. The highest BCUT2D eigenvalue weighted by Crippen LogP contribution is 2.30. The second kappa shape index (κ2) is 12.0. The number of anilines is 1. The molecule has 0 spiro atoms. The summed E-state index contributed by atoms with van der Waals surface area (Å²) >= 11 is 0. The minimum absolute atomic E-state index is 0.0952. The van der Waals surface area contributed by atoms with Gasteiger partial charge in [0.25, 0.3) is 0 Å². The van der Waals surface area contributed by atoms with Gasteiger partial charge in [-0.1, -0.05) is 49.2 Å². The molecule has 35 heavy (non-hydrogen) atoms. The first-order chi connectivity index (χ1) is 17.0. The molecule has 3 aromatic rings. The molecule has 0 saturated heterocycles. The van der Waals surface area contributed by atoms with Gasteiger partial charge in [-0.3, -0.25) is 0 Å². The van der Waals surface area contributed by atoms with Crippen LogP contribution in [0.1, 0.15) is 16.7 Å². The van der Waals surface area contributed by atoms with Crippen LogP contribution in [0.25, 0.3) is 11.6 Å². The van der Waals surface area contributed by atoms with Gasteiger partial charge in [-0.15, -0.1) is 0 Å². The van der Waals surface area contributed by atoms with Crippen molar-refractivity contribution in [2.45, 2.75) is 0 Å². The van der Waals surface area contributed by atoms with Crippen LogP contribution in [-0.4, -0.2) is 0 Å². The fourth-order valence-electron chi connectivity index (χ4n) is 2.94. The molecule has 0 atom stereocenters. The quantitative estimate of drug-likeness (QED) is 0.0977. The Kier molecular flexibility index (Phi) is 8.32. The van der Waals surface area contributed by atoms with Crippen LogP contribution in [0.5, 0.6) is 11.5 Å². The summed E-state index contributed by atoms with van der Waals surface area (Å²) in [5, 5.41) is 0. The maximum absolute atomic E-state index is 5.83. The average molecular weight is 467 g/mol. The lowest BCUT2D eigenvalue weighted by molar-refractivity contribution is -0.224. The molecule has 174 valence electrons. The van der Waals surface area contributed by atoms with Crippen molar-refractivity contribution in [1.82, 2.24) is 0 Å². The van der Waals surface area contributed by atoms with E-state index in [4.69, 9.17) is 28.1 Å². The zero-order valence-corrected chi connectivity index (χ0v) is 18.6. The summed E-state index contributed by atoms with van der Waals surface area (Å²) in [7, 11) is 0. The number of nitrogen functional groups attached to an aromatic ring is 1. The Morgan fingerprint density at radius 2 is 1.11 bits per heavy atom. The van der Waals surface area contributed by atoms with Crippen LogP contribution < -0.4 is 15.2 Å². The lowest BCUT2D eigenvalue weighted by Crippen LogP contribution is -1.99. The van der Waals surface area contributed by atoms with Crippen molar-refractivity contribution in [3.8, 4) is 36.6 Å². The van der Waals surface area contributed by atoms with Crippen molar-refractivity contribution in [3.63, 3.8) is 0 Å². The van der Waals surface area contributed by atoms with Crippen molar-refractivity contribution >= 4 is 17.3 Å². The Hall–Kier alpha value is -5.40. The third kappa shape index (κ3) is 7.31. The topological polar surface area (TPSA) is 81.4 Å². The van der Waals surface area contributed by atoms with Gasteiger partial charge < -0.3 is 15.2 Å². The van der Waals surface area contributed by atoms with Crippen LogP contribution in [0, 0.1) is 25.1 Å². The van der Waals surface area contributed by atoms with E-state index >= 15 is 0 Å². The summed E-state index contributed by atoms with van der Waals surface area (Å²) in [5.41, 5.74) is 10.3. The second-order valence-electron chi connectivity index (χ2n) is 6.79. The van der Waals surface area contributed by atoms with Crippen LogP contribution in [-0.2, 0) is 19.6 Å². The van der Waals surface area contributed by atoms with E-state index in [-0.39, 0.29) is 11.9 Å². The van der Waals surface area contributed by atoms with E-state index in [0.717, 1.165) is 22.3 Å². The number of ether oxygens (including phenoxy) is 2. The Labute approximate surface area is 203 Å². The SMILES string of the molecule is C#COOC(=C)Oc1ccc(C(=Cc2ccc(N)cc2)c2ccc(OC(=C)OOC#C)cc2)cc1. The standard InChI is InChI=1S/C28H21NO6/c1-5-30-34-20(3)32-26-15-9-23(10-16-26)28(19-22-7-13-25(29)14-8-22)24-11-17-27(18-12-24)33-21(4)35-31-6-2/h1-2,7-19H,3-4,29H2.